The molecular weight excluding hydrogens is 324 g/mol. The van der Waals surface area contributed by atoms with E-state index in [9.17, 15) is 8.42 Å². The summed E-state index contributed by atoms with van der Waals surface area (Å²) in [5.74, 6) is 0.468. The van der Waals surface area contributed by atoms with Crippen LogP contribution in [0.5, 0.6) is 0 Å². The number of hydrogen-bond acceptors (Lipinski definition) is 3. The van der Waals surface area contributed by atoms with Crippen LogP contribution in [0.1, 0.15) is 44.1 Å². The van der Waals surface area contributed by atoms with Crippen molar-refractivity contribution in [3.8, 4) is 0 Å². The fourth-order valence-electron chi connectivity index (χ4n) is 3.35. The van der Waals surface area contributed by atoms with Gasteiger partial charge in [0, 0.05) is 19.1 Å². The molecule has 0 radical (unpaired) electrons. The maximum atomic E-state index is 12.5. The van der Waals surface area contributed by atoms with Crippen molar-refractivity contribution >= 4 is 16.0 Å². The Balaban J connectivity index is 1.59. The third-order valence-electron chi connectivity index (χ3n) is 4.77. The van der Waals surface area contributed by atoms with E-state index in [4.69, 9.17) is 5.73 Å². The molecule has 0 amide bonds. The van der Waals surface area contributed by atoms with Gasteiger partial charge in [0.05, 0.1) is 11.4 Å². The molecule has 1 aromatic rings. The van der Waals surface area contributed by atoms with Gasteiger partial charge in [-0.3, -0.25) is 0 Å². The number of guanidine groups is 1. The summed E-state index contributed by atoms with van der Waals surface area (Å²) in [6.45, 7) is 1.70. The largest absolute Gasteiger partial charge is 0.370 e. The molecule has 0 bridgehead atoms. The molecular formula is C17H26N4O2S. The Morgan fingerprint density at radius 3 is 2.38 bits per heavy atom. The normalized spacial score (nSPS) is 20.6. The number of benzene rings is 1. The fourth-order valence-corrected chi connectivity index (χ4v) is 4.86. The van der Waals surface area contributed by atoms with Gasteiger partial charge in [0.1, 0.15) is 0 Å². The molecule has 24 heavy (non-hydrogen) atoms. The second kappa shape index (κ2) is 7.53. The van der Waals surface area contributed by atoms with Crippen LogP contribution in [0.3, 0.4) is 0 Å². The van der Waals surface area contributed by atoms with Crippen LogP contribution in [0.2, 0.25) is 0 Å². The molecule has 0 spiro atoms. The Labute approximate surface area is 144 Å². The Hall–Kier alpha value is -1.60. The van der Waals surface area contributed by atoms with Gasteiger partial charge in [0.25, 0.3) is 0 Å². The van der Waals surface area contributed by atoms with E-state index in [0.717, 1.165) is 31.2 Å². The summed E-state index contributed by atoms with van der Waals surface area (Å²) in [5, 5.41) is 3.25. The van der Waals surface area contributed by atoms with Crippen LogP contribution in [0.25, 0.3) is 0 Å². The predicted molar refractivity (Wildman–Crippen MR) is 95.2 cm³/mol. The smallest absolute Gasteiger partial charge is 0.243 e. The highest BCUT2D eigenvalue weighted by molar-refractivity contribution is 7.89. The van der Waals surface area contributed by atoms with Gasteiger partial charge in [-0.2, -0.15) is 4.31 Å². The highest BCUT2D eigenvalue weighted by Gasteiger charge is 2.26. The molecule has 0 aromatic heterocycles. The molecule has 0 unspecified atom stereocenters. The number of aliphatic imine (C=N–C) groups is 1. The van der Waals surface area contributed by atoms with Crippen molar-refractivity contribution in [2.75, 3.05) is 13.1 Å². The predicted octanol–water partition coefficient (Wildman–Crippen LogP) is 1.82. The Bertz CT molecular complexity index is 673. The lowest BCUT2D eigenvalue weighted by atomic mass is 10.2. The molecule has 0 atom stereocenters. The van der Waals surface area contributed by atoms with Gasteiger partial charge in [0.2, 0.25) is 10.0 Å². The first-order valence-corrected chi connectivity index (χ1v) is 10.2. The van der Waals surface area contributed by atoms with Crippen molar-refractivity contribution < 1.29 is 8.42 Å². The monoisotopic (exact) mass is 350 g/mol. The van der Waals surface area contributed by atoms with E-state index in [0.29, 0.717) is 36.5 Å². The van der Waals surface area contributed by atoms with Crippen molar-refractivity contribution in [3.05, 3.63) is 29.8 Å². The third kappa shape index (κ3) is 4.08. The van der Waals surface area contributed by atoms with Crippen molar-refractivity contribution in [1.29, 1.82) is 0 Å². The highest BCUT2D eigenvalue weighted by Crippen LogP contribution is 2.21. The summed E-state index contributed by atoms with van der Waals surface area (Å²) in [7, 11) is -3.34. The summed E-state index contributed by atoms with van der Waals surface area (Å²) in [6.07, 6.45) is 6.69. The van der Waals surface area contributed by atoms with Crippen molar-refractivity contribution in [1.82, 2.24) is 9.62 Å². The zero-order chi connectivity index (χ0) is 17.0. The second-order valence-corrected chi connectivity index (χ2v) is 8.52. The van der Waals surface area contributed by atoms with Crippen LogP contribution in [0, 0.1) is 0 Å². The molecule has 6 nitrogen and oxygen atoms in total. The molecule has 1 aliphatic carbocycles. The van der Waals surface area contributed by atoms with Crippen LogP contribution < -0.4 is 11.1 Å². The molecule has 3 rings (SSSR count). The SMILES string of the molecule is NC(=NCc1ccc(S(=O)(=O)N2CCCC2)cc1)NC1CCCC1. The van der Waals surface area contributed by atoms with Gasteiger partial charge in [-0.15, -0.1) is 0 Å². The summed E-state index contributed by atoms with van der Waals surface area (Å²) in [5.41, 5.74) is 6.87. The van der Waals surface area contributed by atoms with Crippen LogP contribution in [-0.2, 0) is 16.6 Å². The lowest BCUT2D eigenvalue weighted by Crippen LogP contribution is -2.38. The first-order chi connectivity index (χ1) is 11.6. The van der Waals surface area contributed by atoms with Gasteiger partial charge < -0.3 is 11.1 Å². The number of nitrogens with two attached hydrogens (primary N) is 1. The first-order valence-electron chi connectivity index (χ1n) is 8.71. The molecule has 1 aliphatic heterocycles. The highest BCUT2D eigenvalue weighted by atomic mass is 32.2. The van der Waals surface area contributed by atoms with Crippen molar-refractivity contribution in [3.63, 3.8) is 0 Å². The lowest BCUT2D eigenvalue weighted by molar-refractivity contribution is 0.477. The quantitative estimate of drug-likeness (QED) is 0.626. The van der Waals surface area contributed by atoms with E-state index in [1.165, 1.54) is 12.8 Å². The van der Waals surface area contributed by atoms with Crippen LogP contribution in [0.15, 0.2) is 34.2 Å². The Morgan fingerprint density at radius 1 is 1.12 bits per heavy atom. The zero-order valence-electron chi connectivity index (χ0n) is 13.9. The second-order valence-electron chi connectivity index (χ2n) is 6.58. The van der Waals surface area contributed by atoms with Crippen LogP contribution in [0.4, 0.5) is 0 Å². The van der Waals surface area contributed by atoms with Gasteiger partial charge in [-0.1, -0.05) is 25.0 Å². The molecule has 132 valence electrons. The minimum Gasteiger partial charge on any atom is -0.370 e. The van der Waals surface area contributed by atoms with E-state index in [1.807, 2.05) is 12.1 Å². The lowest BCUT2D eigenvalue weighted by Gasteiger charge is -2.15. The number of rotatable bonds is 5. The van der Waals surface area contributed by atoms with Gasteiger partial charge >= 0.3 is 0 Å². The Morgan fingerprint density at radius 2 is 1.75 bits per heavy atom. The van der Waals surface area contributed by atoms with E-state index in [1.54, 1.807) is 16.4 Å². The minimum absolute atomic E-state index is 0.356. The summed E-state index contributed by atoms with van der Waals surface area (Å²) in [4.78, 5) is 4.71. The molecule has 2 fully saturated rings. The van der Waals surface area contributed by atoms with Crippen molar-refractivity contribution in [2.45, 2.75) is 56.0 Å². The van der Waals surface area contributed by atoms with Gasteiger partial charge in [0.15, 0.2) is 5.96 Å². The molecule has 1 heterocycles. The molecule has 7 heteroatoms. The van der Waals surface area contributed by atoms with Gasteiger partial charge in [-0.05, 0) is 43.4 Å². The van der Waals surface area contributed by atoms with E-state index in [2.05, 4.69) is 10.3 Å². The number of sulfonamides is 1. The van der Waals surface area contributed by atoms with Crippen LogP contribution >= 0.6 is 0 Å². The van der Waals surface area contributed by atoms with Gasteiger partial charge in [-0.25, -0.2) is 13.4 Å². The standard InChI is InChI=1S/C17H26N4O2S/c18-17(20-15-5-1-2-6-15)19-13-14-7-9-16(10-8-14)24(22,23)21-11-3-4-12-21/h7-10,15H,1-6,11-13H2,(H3,18,19,20). The topological polar surface area (TPSA) is 87.8 Å². The summed E-state index contributed by atoms with van der Waals surface area (Å²) >= 11 is 0. The zero-order valence-corrected chi connectivity index (χ0v) is 14.8. The van der Waals surface area contributed by atoms with E-state index < -0.39 is 10.0 Å². The average molecular weight is 350 g/mol. The number of nitrogens with one attached hydrogen (secondary N) is 1. The van der Waals surface area contributed by atoms with Crippen LogP contribution in [-0.4, -0.2) is 37.8 Å². The maximum absolute atomic E-state index is 12.5. The maximum Gasteiger partial charge on any atom is 0.243 e. The third-order valence-corrected chi connectivity index (χ3v) is 6.68. The Kier molecular flexibility index (Phi) is 5.40. The molecule has 3 N–H and O–H groups in total. The van der Waals surface area contributed by atoms with E-state index >= 15 is 0 Å². The van der Waals surface area contributed by atoms with E-state index in [-0.39, 0.29) is 0 Å². The average Bonchev–Trinajstić information content (AvgIpc) is 3.27. The molecule has 1 aromatic carbocycles. The molecule has 2 aliphatic rings. The molecule has 1 saturated heterocycles. The first kappa shape index (κ1) is 17.2. The summed E-state index contributed by atoms with van der Waals surface area (Å²) in [6, 6.07) is 7.41. The number of nitrogens with zero attached hydrogens (tertiary/aromatic N) is 2. The molecule has 1 saturated carbocycles. The number of hydrogen-bond donors (Lipinski definition) is 2. The minimum atomic E-state index is -3.34. The summed E-state index contributed by atoms with van der Waals surface area (Å²) < 4.78 is 26.5. The van der Waals surface area contributed by atoms with Crippen molar-refractivity contribution in [2.24, 2.45) is 10.7 Å². The fraction of sp³-hybridized carbons (Fsp3) is 0.588.